The van der Waals surface area contributed by atoms with Crippen LogP contribution in [0.25, 0.3) is 22.4 Å². The van der Waals surface area contributed by atoms with Gasteiger partial charge in [-0.15, -0.1) is 0 Å². The van der Waals surface area contributed by atoms with E-state index in [2.05, 4.69) is 9.97 Å². The summed E-state index contributed by atoms with van der Waals surface area (Å²) in [5.74, 6) is 0.515. The number of benzene rings is 2. The molecule has 0 unspecified atom stereocenters. The summed E-state index contributed by atoms with van der Waals surface area (Å²) >= 11 is 0. The number of hydrogen-bond donors (Lipinski definition) is 1. The van der Waals surface area contributed by atoms with Gasteiger partial charge in [-0.2, -0.15) is 13.2 Å². The monoisotopic (exact) mass is 292 g/mol. The van der Waals surface area contributed by atoms with Crippen LogP contribution in [0.1, 0.15) is 5.56 Å². The Bertz CT molecular complexity index is 760. The van der Waals surface area contributed by atoms with Crippen LogP contribution in [0.15, 0.2) is 42.5 Å². The molecule has 0 atom stereocenters. The summed E-state index contributed by atoms with van der Waals surface area (Å²) < 4.78 is 43.7. The number of ether oxygens (including phenoxy) is 1. The third-order valence-corrected chi connectivity index (χ3v) is 3.13. The second-order valence-electron chi connectivity index (χ2n) is 4.55. The Kier molecular flexibility index (Phi) is 3.08. The highest BCUT2D eigenvalue weighted by atomic mass is 19.4. The summed E-state index contributed by atoms with van der Waals surface area (Å²) in [6.45, 7) is 0. The van der Waals surface area contributed by atoms with E-state index in [-0.39, 0.29) is 5.75 Å². The van der Waals surface area contributed by atoms with Crippen LogP contribution >= 0.6 is 0 Å². The maximum Gasteiger partial charge on any atom is 0.416 e. The topological polar surface area (TPSA) is 37.9 Å². The lowest BCUT2D eigenvalue weighted by Crippen LogP contribution is -2.05. The molecule has 0 fully saturated rings. The molecule has 0 aliphatic rings. The van der Waals surface area contributed by atoms with Crippen LogP contribution in [-0.2, 0) is 6.18 Å². The number of aromatic amines is 1. The molecule has 2 aromatic carbocycles. The first-order valence-electron chi connectivity index (χ1n) is 6.19. The molecule has 0 aliphatic carbocycles. The number of nitrogens with zero attached hydrogens (tertiary/aromatic N) is 1. The molecule has 0 saturated carbocycles. The molecular formula is C15H11F3N2O. The van der Waals surface area contributed by atoms with E-state index >= 15 is 0 Å². The van der Waals surface area contributed by atoms with Crippen molar-refractivity contribution in [1.29, 1.82) is 0 Å². The van der Waals surface area contributed by atoms with Crippen LogP contribution in [0.3, 0.4) is 0 Å². The Morgan fingerprint density at radius 3 is 2.52 bits per heavy atom. The molecule has 21 heavy (non-hydrogen) atoms. The first-order valence-corrected chi connectivity index (χ1v) is 6.19. The molecule has 3 aromatic rings. The summed E-state index contributed by atoms with van der Waals surface area (Å²) in [6.07, 6.45) is -4.44. The molecule has 0 amide bonds. The fraction of sp³-hybridized carbons (Fsp3) is 0.133. The van der Waals surface area contributed by atoms with Crippen molar-refractivity contribution in [1.82, 2.24) is 9.97 Å². The lowest BCUT2D eigenvalue weighted by molar-refractivity contribution is -0.137. The van der Waals surface area contributed by atoms with Crippen LogP contribution in [-0.4, -0.2) is 17.1 Å². The summed E-state index contributed by atoms with van der Waals surface area (Å²) in [6, 6.07) is 10.8. The summed E-state index contributed by atoms with van der Waals surface area (Å²) in [7, 11) is 1.33. The number of methoxy groups -OCH3 is 1. The van der Waals surface area contributed by atoms with Crippen molar-refractivity contribution >= 4 is 11.0 Å². The molecule has 1 N–H and O–H groups in total. The van der Waals surface area contributed by atoms with Crippen molar-refractivity contribution in [3.8, 4) is 17.1 Å². The minimum atomic E-state index is -4.44. The highest BCUT2D eigenvalue weighted by Gasteiger charge is 2.31. The van der Waals surface area contributed by atoms with Crippen LogP contribution < -0.4 is 4.74 Å². The second kappa shape index (κ2) is 4.80. The quantitative estimate of drug-likeness (QED) is 0.766. The molecule has 6 heteroatoms. The van der Waals surface area contributed by atoms with Gasteiger partial charge in [-0.3, -0.25) is 0 Å². The average Bonchev–Trinajstić information content (AvgIpc) is 2.89. The van der Waals surface area contributed by atoms with E-state index in [0.29, 0.717) is 16.9 Å². The van der Waals surface area contributed by atoms with Gasteiger partial charge in [-0.05, 0) is 30.3 Å². The maximum absolute atomic E-state index is 12.9. The fourth-order valence-electron chi connectivity index (χ4n) is 2.11. The molecule has 0 aliphatic heterocycles. The van der Waals surface area contributed by atoms with Gasteiger partial charge >= 0.3 is 6.18 Å². The van der Waals surface area contributed by atoms with Gasteiger partial charge in [0.1, 0.15) is 11.6 Å². The van der Waals surface area contributed by atoms with Crippen LogP contribution in [0.5, 0.6) is 5.75 Å². The number of H-pyrrole nitrogens is 1. The minimum Gasteiger partial charge on any atom is -0.497 e. The van der Waals surface area contributed by atoms with Gasteiger partial charge in [0.05, 0.1) is 23.7 Å². The molecule has 1 heterocycles. The lowest BCUT2D eigenvalue weighted by Gasteiger charge is -2.10. The number of imidazole rings is 1. The van der Waals surface area contributed by atoms with Crippen molar-refractivity contribution in [2.24, 2.45) is 0 Å². The van der Waals surface area contributed by atoms with Crippen molar-refractivity contribution in [3.63, 3.8) is 0 Å². The van der Waals surface area contributed by atoms with E-state index in [0.717, 1.165) is 17.6 Å². The fourth-order valence-corrected chi connectivity index (χ4v) is 2.11. The Morgan fingerprint density at radius 2 is 1.86 bits per heavy atom. The summed E-state index contributed by atoms with van der Waals surface area (Å²) in [5, 5.41) is 0. The maximum atomic E-state index is 12.9. The summed E-state index contributed by atoms with van der Waals surface area (Å²) in [4.78, 5) is 7.31. The number of alkyl halides is 3. The van der Waals surface area contributed by atoms with E-state index in [1.165, 1.54) is 13.2 Å². The van der Waals surface area contributed by atoms with E-state index < -0.39 is 11.7 Å². The van der Waals surface area contributed by atoms with Crippen LogP contribution in [0.2, 0.25) is 0 Å². The Labute approximate surface area is 118 Å². The molecule has 1 aromatic heterocycles. The van der Waals surface area contributed by atoms with Crippen molar-refractivity contribution in [3.05, 3.63) is 48.0 Å². The Hall–Kier alpha value is -2.50. The largest absolute Gasteiger partial charge is 0.497 e. The number of para-hydroxylation sites is 2. The highest BCUT2D eigenvalue weighted by molar-refractivity contribution is 5.79. The Balaban J connectivity index is 2.16. The van der Waals surface area contributed by atoms with Gasteiger partial charge in [-0.1, -0.05) is 12.1 Å². The van der Waals surface area contributed by atoms with E-state index in [4.69, 9.17) is 4.74 Å². The average molecular weight is 292 g/mol. The molecule has 0 saturated heterocycles. The van der Waals surface area contributed by atoms with Crippen LogP contribution in [0, 0.1) is 0 Å². The SMILES string of the molecule is COc1cc(-c2nc3ccccc3[nH]2)cc(C(F)(F)F)c1. The van der Waals surface area contributed by atoms with Crippen molar-refractivity contribution in [2.75, 3.05) is 7.11 Å². The molecule has 0 spiro atoms. The standard InChI is InChI=1S/C15H11F3N2O/c1-21-11-7-9(6-10(8-11)15(16,17)18)14-19-12-4-2-3-5-13(12)20-14/h2-8H,1H3,(H,19,20). The highest BCUT2D eigenvalue weighted by Crippen LogP contribution is 2.35. The number of hydrogen-bond acceptors (Lipinski definition) is 2. The molecule has 3 rings (SSSR count). The summed E-state index contributed by atoms with van der Waals surface area (Å²) in [5.41, 5.74) is 1.03. The normalized spacial score (nSPS) is 11.8. The zero-order chi connectivity index (χ0) is 15.0. The molecule has 0 radical (unpaired) electrons. The van der Waals surface area contributed by atoms with Gasteiger partial charge < -0.3 is 9.72 Å². The third-order valence-electron chi connectivity index (χ3n) is 3.13. The van der Waals surface area contributed by atoms with E-state index in [9.17, 15) is 13.2 Å². The first kappa shape index (κ1) is 13.5. The second-order valence-corrected chi connectivity index (χ2v) is 4.55. The van der Waals surface area contributed by atoms with Crippen molar-refractivity contribution < 1.29 is 17.9 Å². The minimum absolute atomic E-state index is 0.139. The molecule has 0 bridgehead atoms. The predicted molar refractivity (Wildman–Crippen MR) is 73.1 cm³/mol. The zero-order valence-electron chi connectivity index (χ0n) is 11.0. The predicted octanol–water partition coefficient (Wildman–Crippen LogP) is 4.26. The number of nitrogens with one attached hydrogen (secondary N) is 1. The number of aromatic nitrogens is 2. The van der Waals surface area contributed by atoms with Gasteiger partial charge in [0, 0.05) is 5.56 Å². The Morgan fingerprint density at radius 1 is 1.10 bits per heavy atom. The van der Waals surface area contributed by atoms with Crippen LogP contribution in [0.4, 0.5) is 13.2 Å². The van der Waals surface area contributed by atoms with Gasteiger partial charge in [0.25, 0.3) is 0 Å². The number of fused-ring (bicyclic) bond motifs is 1. The van der Waals surface area contributed by atoms with Gasteiger partial charge in [0.2, 0.25) is 0 Å². The number of halogens is 3. The first-order chi connectivity index (χ1) is 9.97. The molecule has 108 valence electrons. The van der Waals surface area contributed by atoms with Crippen molar-refractivity contribution in [2.45, 2.75) is 6.18 Å². The van der Waals surface area contributed by atoms with E-state index in [1.54, 1.807) is 6.07 Å². The van der Waals surface area contributed by atoms with Gasteiger partial charge in [-0.25, -0.2) is 4.98 Å². The van der Waals surface area contributed by atoms with Gasteiger partial charge in [0.15, 0.2) is 0 Å². The zero-order valence-corrected chi connectivity index (χ0v) is 11.0. The third kappa shape index (κ3) is 2.56. The molecular weight excluding hydrogens is 281 g/mol. The van der Waals surface area contributed by atoms with E-state index in [1.807, 2.05) is 18.2 Å². The smallest absolute Gasteiger partial charge is 0.416 e. The number of rotatable bonds is 2. The molecule has 3 nitrogen and oxygen atoms in total. The lowest BCUT2D eigenvalue weighted by atomic mass is 10.1.